The van der Waals surface area contributed by atoms with Gasteiger partial charge in [-0.1, -0.05) is 35.5 Å². The Morgan fingerprint density at radius 1 is 1.00 bits per heavy atom. The predicted molar refractivity (Wildman–Crippen MR) is 128 cm³/mol. The van der Waals surface area contributed by atoms with Gasteiger partial charge in [0.05, 0.1) is 5.25 Å². The minimum Gasteiger partial charge on any atom is -0.321 e. The van der Waals surface area contributed by atoms with Crippen molar-refractivity contribution in [2.24, 2.45) is 0 Å². The van der Waals surface area contributed by atoms with Crippen LogP contribution in [0.15, 0.2) is 83.4 Å². The fraction of sp³-hybridized carbons (Fsp3) is 0.0800. The van der Waals surface area contributed by atoms with Gasteiger partial charge >= 0.3 is 0 Å². The second-order valence-corrected chi connectivity index (χ2v) is 8.97. The van der Waals surface area contributed by atoms with Gasteiger partial charge in [-0.15, -0.1) is 0 Å². The van der Waals surface area contributed by atoms with E-state index in [1.165, 1.54) is 41.3 Å². The highest BCUT2D eigenvalue weighted by atomic mass is 35.5. The molecule has 1 aliphatic heterocycles. The molecule has 1 fully saturated rings. The SMILES string of the molecule is N#C/C(C(=O)Nc1ccc(F)cc1)=C1\S[C@@H](Cc2ccc(F)cc2)C(=O)N1c1ccc(Cl)cc1. The molecule has 1 saturated heterocycles. The number of halogens is 3. The number of hydrogen-bond acceptors (Lipinski definition) is 4. The number of nitrogens with one attached hydrogen (secondary N) is 1. The third-order valence-corrected chi connectivity index (χ3v) is 6.54. The topological polar surface area (TPSA) is 73.2 Å². The van der Waals surface area contributed by atoms with Gasteiger partial charge in [0.15, 0.2) is 0 Å². The average Bonchev–Trinajstić information content (AvgIpc) is 3.13. The lowest BCUT2D eigenvalue weighted by molar-refractivity contribution is -0.117. The Morgan fingerprint density at radius 3 is 2.18 bits per heavy atom. The Bertz CT molecular complexity index is 1300. The molecular weight excluding hydrogens is 480 g/mol. The van der Waals surface area contributed by atoms with Crippen molar-refractivity contribution in [1.29, 1.82) is 5.26 Å². The van der Waals surface area contributed by atoms with Crippen molar-refractivity contribution in [2.45, 2.75) is 11.7 Å². The molecule has 0 aromatic heterocycles. The molecule has 170 valence electrons. The van der Waals surface area contributed by atoms with Crippen LogP contribution in [0.1, 0.15) is 5.56 Å². The molecule has 1 N–H and O–H groups in total. The number of benzene rings is 3. The lowest BCUT2D eigenvalue weighted by atomic mass is 10.1. The van der Waals surface area contributed by atoms with E-state index in [2.05, 4.69) is 5.32 Å². The summed E-state index contributed by atoms with van der Waals surface area (Å²) >= 11 is 7.07. The molecule has 0 bridgehead atoms. The number of carbonyl (C=O) groups excluding carboxylic acids is 2. The second-order valence-electron chi connectivity index (χ2n) is 7.34. The van der Waals surface area contributed by atoms with Gasteiger partial charge < -0.3 is 5.32 Å². The van der Waals surface area contributed by atoms with Crippen molar-refractivity contribution in [3.63, 3.8) is 0 Å². The number of rotatable bonds is 5. The van der Waals surface area contributed by atoms with Gasteiger partial charge in [0.2, 0.25) is 5.91 Å². The van der Waals surface area contributed by atoms with Gasteiger partial charge in [-0.3, -0.25) is 14.5 Å². The van der Waals surface area contributed by atoms with Crippen molar-refractivity contribution >= 4 is 46.6 Å². The number of anilines is 2. The Balaban J connectivity index is 1.71. The molecule has 5 nitrogen and oxygen atoms in total. The zero-order valence-corrected chi connectivity index (χ0v) is 19.0. The standard InChI is InChI=1S/C25H16ClF2N3O2S/c26-16-3-11-20(12-4-16)31-24(33)22(13-15-1-5-17(27)6-2-15)34-25(31)21(14-29)23(32)30-19-9-7-18(28)8-10-19/h1-12,22H,13H2,(H,30,32)/b25-21+/t22-/m0/s1. The van der Waals surface area contributed by atoms with Crippen LogP contribution in [0.25, 0.3) is 0 Å². The molecule has 34 heavy (non-hydrogen) atoms. The summed E-state index contributed by atoms with van der Waals surface area (Å²) in [4.78, 5) is 27.7. The maximum Gasteiger partial charge on any atom is 0.269 e. The summed E-state index contributed by atoms with van der Waals surface area (Å²) in [6.45, 7) is 0. The highest BCUT2D eigenvalue weighted by Gasteiger charge is 2.40. The zero-order chi connectivity index (χ0) is 24.2. The van der Waals surface area contributed by atoms with Gasteiger partial charge in [0.25, 0.3) is 5.91 Å². The Morgan fingerprint density at radius 2 is 1.59 bits per heavy atom. The Kier molecular flexibility index (Phi) is 6.96. The molecule has 9 heteroatoms. The fourth-order valence-electron chi connectivity index (χ4n) is 3.37. The van der Waals surface area contributed by atoms with Crippen LogP contribution in [0.2, 0.25) is 5.02 Å². The summed E-state index contributed by atoms with van der Waals surface area (Å²) in [5.74, 6) is -1.91. The lowest BCUT2D eigenvalue weighted by Crippen LogP contribution is -2.30. The molecule has 1 atom stereocenters. The van der Waals surface area contributed by atoms with Crippen LogP contribution < -0.4 is 10.2 Å². The van der Waals surface area contributed by atoms with Crippen LogP contribution in [-0.4, -0.2) is 17.1 Å². The number of hydrogen-bond donors (Lipinski definition) is 1. The van der Waals surface area contributed by atoms with Crippen LogP contribution in [0.3, 0.4) is 0 Å². The zero-order valence-electron chi connectivity index (χ0n) is 17.5. The molecular formula is C25H16ClF2N3O2S. The minimum absolute atomic E-state index is 0.168. The molecule has 3 aromatic carbocycles. The fourth-order valence-corrected chi connectivity index (χ4v) is 4.81. The van der Waals surface area contributed by atoms with Gasteiger partial charge in [-0.2, -0.15) is 5.26 Å². The summed E-state index contributed by atoms with van der Waals surface area (Å²) in [5.41, 5.74) is 1.22. The highest BCUT2D eigenvalue weighted by Crippen LogP contribution is 2.42. The molecule has 0 aliphatic carbocycles. The van der Waals surface area contributed by atoms with Crippen LogP contribution in [0, 0.1) is 23.0 Å². The monoisotopic (exact) mass is 495 g/mol. The van der Waals surface area contributed by atoms with Crippen molar-refractivity contribution in [3.8, 4) is 6.07 Å². The number of nitrogens with zero attached hydrogens (tertiary/aromatic N) is 2. The summed E-state index contributed by atoms with van der Waals surface area (Å²) in [7, 11) is 0. The smallest absolute Gasteiger partial charge is 0.269 e. The quantitative estimate of drug-likeness (QED) is 0.365. The first-order valence-electron chi connectivity index (χ1n) is 10.1. The van der Waals surface area contributed by atoms with E-state index in [1.54, 1.807) is 36.4 Å². The molecule has 0 unspecified atom stereocenters. The molecule has 0 saturated carbocycles. The van der Waals surface area contributed by atoms with E-state index in [0.717, 1.165) is 17.3 Å². The predicted octanol–water partition coefficient (Wildman–Crippen LogP) is 5.68. The molecule has 0 spiro atoms. The number of thioether (sulfide) groups is 1. The van der Waals surface area contributed by atoms with Crippen LogP contribution in [0.5, 0.6) is 0 Å². The molecule has 3 aromatic rings. The molecule has 4 rings (SSSR count). The number of carbonyl (C=O) groups is 2. The first-order chi connectivity index (χ1) is 16.4. The van der Waals surface area contributed by atoms with Gasteiger partial charge in [0, 0.05) is 16.4 Å². The van der Waals surface area contributed by atoms with Crippen molar-refractivity contribution in [2.75, 3.05) is 10.2 Å². The van der Waals surface area contributed by atoms with E-state index in [0.29, 0.717) is 16.4 Å². The van der Waals surface area contributed by atoms with E-state index >= 15 is 0 Å². The van der Waals surface area contributed by atoms with Crippen LogP contribution >= 0.6 is 23.4 Å². The van der Waals surface area contributed by atoms with Crippen LogP contribution in [-0.2, 0) is 16.0 Å². The van der Waals surface area contributed by atoms with E-state index in [9.17, 15) is 23.6 Å². The molecule has 0 radical (unpaired) electrons. The maximum atomic E-state index is 13.4. The molecule has 2 amide bonds. The highest BCUT2D eigenvalue weighted by molar-refractivity contribution is 8.05. The van der Waals surface area contributed by atoms with E-state index in [4.69, 9.17) is 11.6 Å². The normalized spacial score (nSPS) is 16.8. The second kappa shape index (κ2) is 10.1. The summed E-state index contributed by atoms with van der Waals surface area (Å²) in [6.07, 6.45) is 0.273. The van der Waals surface area contributed by atoms with Crippen molar-refractivity contribution in [1.82, 2.24) is 0 Å². The molecule has 1 heterocycles. The third-order valence-electron chi connectivity index (χ3n) is 5.03. The first kappa shape index (κ1) is 23.5. The van der Waals surface area contributed by atoms with Gasteiger partial charge in [0.1, 0.15) is 28.3 Å². The largest absolute Gasteiger partial charge is 0.321 e. The summed E-state index contributed by atoms with van der Waals surface area (Å²) in [6, 6.07) is 19.2. The van der Waals surface area contributed by atoms with Crippen LogP contribution in [0.4, 0.5) is 20.2 Å². The summed E-state index contributed by atoms with van der Waals surface area (Å²) < 4.78 is 26.5. The minimum atomic E-state index is -0.731. The first-order valence-corrected chi connectivity index (χ1v) is 11.3. The van der Waals surface area contributed by atoms with Gasteiger partial charge in [-0.05, 0) is 72.6 Å². The maximum absolute atomic E-state index is 13.4. The summed E-state index contributed by atoms with van der Waals surface area (Å²) in [5, 5.41) is 12.4. The van der Waals surface area contributed by atoms with Crippen molar-refractivity contribution in [3.05, 3.63) is 106 Å². The molecule has 1 aliphatic rings. The van der Waals surface area contributed by atoms with Gasteiger partial charge in [-0.25, -0.2) is 8.78 Å². The van der Waals surface area contributed by atoms with E-state index in [-0.39, 0.29) is 28.7 Å². The van der Waals surface area contributed by atoms with Crippen molar-refractivity contribution < 1.29 is 18.4 Å². The Hall–Kier alpha value is -3.67. The number of nitriles is 1. The van der Waals surface area contributed by atoms with E-state index in [1.807, 2.05) is 6.07 Å². The van der Waals surface area contributed by atoms with E-state index < -0.39 is 17.0 Å². The third kappa shape index (κ3) is 5.11. The average molecular weight is 496 g/mol. The lowest BCUT2D eigenvalue weighted by Gasteiger charge is -2.19. The Labute approximate surface area is 203 Å². The number of amides is 2.